The van der Waals surface area contributed by atoms with Crippen LogP contribution in [0.3, 0.4) is 0 Å². The Morgan fingerprint density at radius 3 is 2.50 bits per heavy atom. The van der Waals surface area contributed by atoms with Gasteiger partial charge in [-0.25, -0.2) is 9.97 Å². The highest BCUT2D eigenvalue weighted by Gasteiger charge is 2.09. The van der Waals surface area contributed by atoms with Crippen LogP contribution in [0.1, 0.15) is 11.9 Å². The van der Waals surface area contributed by atoms with E-state index in [0.717, 1.165) is 0 Å². The van der Waals surface area contributed by atoms with E-state index in [9.17, 15) is 5.11 Å². The van der Waals surface area contributed by atoms with Crippen molar-refractivity contribution in [2.45, 2.75) is 6.10 Å². The van der Waals surface area contributed by atoms with Crippen molar-refractivity contribution in [3.05, 3.63) is 24.3 Å². The first kappa shape index (κ1) is 9.09. The number of hydrogen-bond acceptors (Lipinski definition) is 4. The van der Waals surface area contributed by atoms with E-state index in [2.05, 4.69) is 9.97 Å². The van der Waals surface area contributed by atoms with Gasteiger partial charge in [0, 0.05) is 18.9 Å². The molecule has 66 valence electrons. The van der Waals surface area contributed by atoms with Crippen LogP contribution in [0, 0.1) is 0 Å². The summed E-state index contributed by atoms with van der Waals surface area (Å²) in [4.78, 5) is 9.78. The van der Waals surface area contributed by atoms with Crippen molar-refractivity contribution >= 4 is 0 Å². The van der Waals surface area contributed by atoms with Gasteiger partial charge in [0.2, 0.25) is 0 Å². The highest BCUT2D eigenvalue weighted by atomic mass is 16.3. The van der Waals surface area contributed by atoms with E-state index in [1.54, 1.807) is 18.5 Å². The van der Waals surface area contributed by atoms with Crippen LogP contribution in [0.2, 0.25) is 0 Å². The van der Waals surface area contributed by atoms with Gasteiger partial charge in [-0.1, -0.05) is 0 Å². The van der Waals surface area contributed by atoms with Gasteiger partial charge >= 0.3 is 0 Å². The van der Waals surface area contributed by atoms with Crippen molar-refractivity contribution in [1.29, 1.82) is 0 Å². The lowest BCUT2D eigenvalue weighted by Crippen LogP contribution is -2.21. The first-order chi connectivity index (χ1) is 5.70. The molecule has 4 heteroatoms. The molecule has 0 spiro atoms. The van der Waals surface area contributed by atoms with E-state index in [4.69, 9.17) is 0 Å². The molecular formula is C8H13N3O. The van der Waals surface area contributed by atoms with Gasteiger partial charge in [0.1, 0.15) is 6.10 Å². The molecule has 0 aromatic carbocycles. The minimum absolute atomic E-state index is 0.478. The van der Waals surface area contributed by atoms with E-state index >= 15 is 0 Å². The standard InChI is InChI=1S/C8H13N3O/c1-11(2)6-7(12)8-9-4-3-5-10-8/h3-5,7,12H,6H2,1-2H3/t7-/m1/s1. The second-order valence-electron chi connectivity index (χ2n) is 2.89. The van der Waals surface area contributed by atoms with Crippen LogP contribution in [0.25, 0.3) is 0 Å². The molecule has 4 nitrogen and oxygen atoms in total. The summed E-state index contributed by atoms with van der Waals surface area (Å²) in [6.07, 6.45) is 2.66. The lowest BCUT2D eigenvalue weighted by molar-refractivity contribution is 0.130. The number of likely N-dealkylation sites (N-methyl/N-ethyl adjacent to an activating group) is 1. The van der Waals surface area contributed by atoms with Gasteiger partial charge in [0.25, 0.3) is 0 Å². The van der Waals surface area contributed by atoms with Crippen molar-refractivity contribution in [3.63, 3.8) is 0 Å². The van der Waals surface area contributed by atoms with Gasteiger partial charge < -0.3 is 10.0 Å². The second-order valence-corrected chi connectivity index (χ2v) is 2.89. The first-order valence-electron chi connectivity index (χ1n) is 3.80. The Labute approximate surface area is 71.9 Å². The molecule has 0 fully saturated rings. The minimum atomic E-state index is -0.596. The van der Waals surface area contributed by atoms with Crippen molar-refractivity contribution in [2.75, 3.05) is 20.6 Å². The average molecular weight is 167 g/mol. The Kier molecular flexibility index (Phi) is 3.13. The molecule has 12 heavy (non-hydrogen) atoms. The van der Waals surface area contributed by atoms with Crippen LogP contribution >= 0.6 is 0 Å². The highest BCUT2D eigenvalue weighted by molar-refractivity contribution is 4.92. The predicted octanol–water partition coefficient (Wildman–Crippen LogP) is 0.0716. The number of rotatable bonds is 3. The topological polar surface area (TPSA) is 49.2 Å². The SMILES string of the molecule is CN(C)C[C@@H](O)c1ncccn1. The van der Waals surface area contributed by atoms with Gasteiger partial charge in [-0.3, -0.25) is 0 Å². The van der Waals surface area contributed by atoms with Crippen LogP contribution in [0.4, 0.5) is 0 Å². The summed E-state index contributed by atoms with van der Waals surface area (Å²) in [5.74, 6) is 0.478. The predicted molar refractivity (Wildman–Crippen MR) is 45.5 cm³/mol. The number of aromatic nitrogens is 2. The summed E-state index contributed by atoms with van der Waals surface area (Å²) in [5, 5.41) is 9.52. The van der Waals surface area contributed by atoms with E-state index in [-0.39, 0.29) is 0 Å². The average Bonchev–Trinajstić information content (AvgIpc) is 2.05. The molecule has 0 radical (unpaired) electrons. The van der Waals surface area contributed by atoms with Gasteiger partial charge in [-0.2, -0.15) is 0 Å². The molecule has 1 atom stereocenters. The molecule has 0 bridgehead atoms. The number of aliphatic hydroxyl groups excluding tert-OH is 1. The fourth-order valence-corrected chi connectivity index (χ4v) is 0.910. The van der Waals surface area contributed by atoms with E-state index in [1.807, 2.05) is 19.0 Å². The van der Waals surface area contributed by atoms with Crippen LogP contribution in [0.5, 0.6) is 0 Å². The second kappa shape index (κ2) is 4.13. The maximum absolute atomic E-state index is 9.52. The molecule has 1 rings (SSSR count). The summed E-state index contributed by atoms with van der Waals surface area (Å²) in [6.45, 7) is 0.546. The maximum atomic E-state index is 9.52. The third-order valence-corrected chi connectivity index (χ3v) is 1.42. The third kappa shape index (κ3) is 2.56. The molecule has 0 aliphatic carbocycles. The van der Waals surface area contributed by atoms with Gasteiger partial charge in [-0.05, 0) is 20.2 Å². The largest absolute Gasteiger partial charge is 0.384 e. The Hall–Kier alpha value is -1.00. The Morgan fingerprint density at radius 1 is 1.42 bits per heavy atom. The molecule has 0 saturated carbocycles. The minimum Gasteiger partial charge on any atom is -0.384 e. The molecule has 1 aromatic rings. The molecule has 1 heterocycles. The lowest BCUT2D eigenvalue weighted by Gasteiger charge is -2.13. The molecule has 1 aromatic heterocycles. The quantitative estimate of drug-likeness (QED) is 0.692. The molecule has 0 saturated heterocycles. The number of aliphatic hydroxyl groups is 1. The summed E-state index contributed by atoms with van der Waals surface area (Å²) in [6, 6.07) is 1.73. The fraction of sp³-hybridized carbons (Fsp3) is 0.500. The fourth-order valence-electron chi connectivity index (χ4n) is 0.910. The van der Waals surface area contributed by atoms with Gasteiger partial charge in [0.05, 0.1) is 0 Å². The Balaban J connectivity index is 2.59. The summed E-state index contributed by atoms with van der Waals surface area (Å²) in [5.41, 5.74) is 0. The third-order valence-electron chi connectivity index (χ3n) is 1.42. The summed E-state index contributed by atoms with van der Waals surface area (Å²) < 4.78 is 0. The van der Waals surface area contributed by atoms with E-state index in [0.29, 0.717) is 12.4 Å². The zero-order chi connectivity index (χ0) is 8.97. The van der Waals surface area contributed by atoms with Gasteiger partial charge in [-0.15, -0.1) is 0 Å². The molecule has 1 N–H and O–H groups in total. The molecular weight excluding hydrogens is 154 g/mol. The molecule has 0 aliphatic heterocycles. The van der Waals surface area contributed by atoms with Crippen LogP contribution in [-0.2, 0) is 0 Å². The van der Waals surface area contributed by atoms with Crippen molar-refractivity contribution in [3.8, 4) is 0 Å². The number of hydrogen-bond donors (Lipinski definition) is 1. The lowest BCUT2D eigenvalue weighted by atomic mass is 10.3. The van der Waals surface area contributed by atoms with Gasteiger partial charge in [0.15, 0.2) is 5.82 Å². The zero-order valence-corrected chi connectivity index (χ0v) is 7.31. The van der Waals surface area contributed by atoms with Crippen LogP contribution in [-0.4, -0.2) is 40.6 Å². The van der Waals surface area contributed by atoms with Crippen molar-refractivity contribution in [1.82, 2.24) is 14.9 Å². The zero-order valence-electron chi connectivity index (χ0n) is 7.31. The van der Waals surface area contributed by atoms with Crippen LogP contribution < -0.4 is 0 Å². The molecule has 0 aliphatic rings. The van der Waals surface area contributed by atoms with Crippen LogP contribution in [0.15, 0.2) is 18.5 Å². The summed E-state index contributed by atoms with van der Waals surface area (Å²) >= 11 is 0. The van der Waals surface area contributed by atoms with Crippen molar-refractivity contribution < 1.29 is 5.11 Å². The van der Waals surface area contributed by atoms with Crippen molar-refractivity contribution in [2.24, 2.45) is 0 Å². The highest BCUT2D eigenvalue weighted by Crippen LogP contribution is 2.05. The smallest absolute Gasteiger partial charge is 0.158 e. The maximum Gasteiger partial charge on any atom is 0.158 e. The Bertz CT molecular complexity index is 225. The first-order valence-corrected chi connectivity index (χ1v) is 3.80. The monoisotopic (exact) mass is 167 g/mol. The number of nitrogens with zero attached hydrogens (tertiary/aromatic N) is 3. The molecule has 0 amide bonds. The normalized spacial score (nSPS) is 13.3. The Morgan fingerprint density at radius 2 is 2.00 bits per heavy atom. The van der Waals surface area contributed by atoms with E-state index < -0.39 is 6.10 Å². The molecule has 0 unspecified atom stereocenters. The van der Waals surface area contributed by atoms with E-state index in [1.165, 1.54) is 0 Å². The summed E-state index contributed by atoms with van der Waals surface area (Å²) in [7, 11) is 3.79.